The molecule has 1 aliphatic heterocycles. The van der Waals surface area contributed by atoms with E-state index in [4.69, 9.17) is 4.74 Å². The number of guanidine groups is 1. The maximum absolute atomic E-state index is 11.4. The SMILES string of the molecule is CCNC(=NCC(C)(C)OC)NCCN1CCS(=O)(=O)CC1. The Hall–Kier alpha value is -0.860. The van der Waals surface area contributed by atoms with Crippen LogP contribution in [0, 0.1) is 0 Å². The van der Waals surface area contributed by atoms with Gasteiger partial charge in [0, 0.05) is 39.8 Å². The van der Waals surface area contributed by atoms with E-state index in [2.05, 4.69) is 20.5 Å². The molecule has 0 spiro atoms. The lowest BCUT2D eigenvalue weighted by molar-refractivity contribution is 0.0310. The average molecular weight is 334 g/mol. The Bertz CT molecular complexity index is 449. The van der Waals surface area contributed by atoms with E-state index in [1.54, 1.807) is 7.11 Å². The number of hydrogen-bond acceptors (Lipinski definition) is 5. The molecule has 2 N–H and O–H groups in total. The van der Waals surface area contributed by atoms with Crippen molar-refractivity contribution in [3.63, 3.8) is 0 Å². The standard InChI is InChI=1S/C14H30N4O3S/c1-5-15-13(17-12-14(2,3)21-4)16-6-7-18-8-10-22(19,20)11-9-18/h5-12H2,1-4H3,(H2,15,16,17). The number of nitrogens with one attached hydrogen (secondary N) is 2. The van der Waals surface area contributed by atoms with Crippen LogP contribution in [0.4, 0.5) is 0 Å². The highest BCUT2D eigenvalue weighted by atomic mass is 32.2. The van der Waals surface area contributed by atoms with Crippen molar-refractivity contribution in [1.82, 2.24) is 15.5 Å². The lowest BCUT2D eigenvalue weighted by atomic mass is 10.1. The number of sulfone groups is 1. The minimum Gasteiger partial charge on any atom is -0.377 e. The zero-order valence-corrected chi connectivity index (χ0v) is 15.0. The van der Waals surface area contributed by atoms with E-state index in [-0.39, 0.29) is 17.1 Å². The summed E-state index contributed by atoms with van der Waals surface area (Å²) in [7, 11) is -1.12. The van der Waals surface area contributed by atoms with Crippen molar-refractivity contribution >= 4 is 15.8 Å². The van der Waals surface area contributed by atoms with Gasteiger partial charge in [0.2, 0.25) is 0 Å². The number of hydrogen-bond donors (Lipinski definition) is 2. The van der Waals surface area contributed by atoms with Crippen LogP contribution >= 0.6 is 0 Å². The highest BCUT2D eigenvalue weighted by Crippen LogP contribution is 2.07. The molecular weight excluding hydrogens is 304 g/mol. The predicted molar refractivity (Wildman–Crippen MR) is 90.2 cm³/mol. The fourth-order valence-electron chi connectivity index (χ4n) is 1.98. The monoisotopic (exact) mass is 334 g/mol. The molecule has 22 heavy (non-hydrogen) atoms. The van der Waals surface area contributed by atoms with Crippen molar-refractivity contribution in [1.29, 1.82) is 0 Å². The molecule has 0 radical (unpaired) electrons. The highest BCUT2D eigenvalue weighted by Gasteiger charge is 2.21. The van der Waals surface area contributed by atoms with Gasteiger partial charge in [0.15, 0.2) is 15.8 Å². The molecule has 1 rings (SSSR count). The molecular formula is C14H30N4O3S. The van der Waals surface area contributed by atoms with E-state index in [1.807, 2.05) is 20.8 Å². The molecule has 130 valence electrons. The van der Waals surface area contributed by atoms with Gasteiger partial charge in [-0.05, 0) is 20.8 Å². The number of ether oxygens (including phenoxy) is 1. The summed E-state index contributed by atoms with van der Waals surface area (Å²) >= 11 is 0. The second kappa shape index (κ2) is 8.69. The Morgan fingerprint density at radius 2 is 1.91 bits per heavy atom. The largest absolute Gasteiger partial charge is 0.377 e. The van der Waals surface area contributed by atoms with Crippen LogP contribution in [0.3, 0.4) is 0 Å². The average Bonchev–Trinajstić information content (AvgIpc) is 2.46. The van der Waals surface area contributed by atoms with Crippen LogP contribution in [0.25, 0.3) is 0 Å². The molecule has 0 saturated carbocycles. The Morgan fingerprint density at radius 1 is 1.27 bits per heavy atom. The normalized spacial score (nSPS) is 19.9. The Morgan fingerprint density at radius 3 is 2.45 bits per heavy atom. The van der Waals surface area contributed by atoms with Crippen molar-refractivity contribution < 1.29 is 13.2 Å². The van der Waals surface area contributed by atoms with Gasteiger partial charge < -0.3 is 15.4 Å². The minimum absolute atomic E-state index is 0.267. The van der Waals surface area contributed by atoms with E-state index >= 15 is 0 Å². The predicted octanol–water partition coefficient (Wildman–Crippen LogP) is -0.303. The van der Waals surface area contributed by atoms with Crippen LogP contribution in [-0.4, -0.2) is 82.8 Å². The van der Waals surface area contributed by atoms with Crippen molar-refractivity contribution in [2.45, 2.75) is 26.4 Å². The van der Waals surface area contributed by atoms with E-state index in [0.717, 1.165) is 25.6 Å². The molecule has 0 atom stereocenters. The van der Waals surface area contributed by atoms with Crippen molar-refractivity contribution in [2.75, 3.05) is 57.9 Å². The summed E-state index contributed by atoms with van der Waals surface area (Å²) in [6.45, 7) is 10.2. The van der Waals surface area contributed by atoms with Crippen LogP contribution in [0.1, 0.15) is 20.8 Å². The van der Waals surface area contributed by atoms with Crippen molar-refractivity contribution in [3.05, 3.63) is 0 Å². The zero-order chi connectivity index (χ0) is 16.6. The van der Waals surface area contributed by atoms with Gasteiger partial charge in [0.25, 0.3) is 0 Å². The third-order valence-corrected chi connectivity index (χ3v) is 5.28. The summed E-state index contributed by atoms with van der Waals surface area (Å²) in [5, 5.41) is 6.48. The van der Waals surface area contributed by atoms with E-state index in [0.29, 0.717) is 19.6 Å². The van der Waals surface area contributed by atoms with E-state index < -0.39 is 9.84 Å². The molecule has 0 aromatic heterocycles. The number of nitrogens with zero attached hydrogens (tertiary/aromatic N) is 2. The summed E-state index contributed by atoms with van der Waals surface area (Å²) in [6.07, 6.45) is 0. The molecule has 0 bridgehead atoms. The Kier molecular flexibility index (Phi) is 7.58. The van der Waals surface area contributed by atoms with Gasteiger partial charge in [-0.3, -0.25) is 9.89 Å². The van der Waals surface area contributed by atoms with E-state index in [1.165, 1.54) is 0 Å². The van der Waals surface area contributed by atoms with Gasteiger partial charge in [-0.25, -0.2) is 8.42 Å². The van der Waals surface area contributed by atoms with Crippen molar-refractivity contribution in [2.24, 2.45) is 4.99 Å². The fourth-order valence-corrected chi connectivity index (χ4v) is 3.26. The minimum atomic E-state index is -2.81. The highest BCUT2D eigenvalue weighted by molar-refractivity contribution is 7.91. The fraction of sp³-hybridized carbons (Fsp3) is 0.929. The molecule has 0 aromatic rings. The Balaban J connectivity index is 2.37. The molecule has 0 unspecified atom stereocenters. The lowest BCUT2D eigenvalue weighted by Crippen LogP contribution is -2.46. The first-order chi connectivity index (χ1) is 10.3. The van der Waals surface area contributed by atoms with Gasteiger partial charge >= 0.3 is 0 Å². The number of methoxy groups -OCH3 is 1. The summed E-state index contributed by atoms with van der Waals surface area (Å²) in [6, 6.07) is 0. The molecule has 0 aliphatic carbocycles. The first kappa shape index (κ1) is 19.2. The molecule has 8 heteroatoms. The molecule has 1 saturated heterocycles. The number of aliphatic imine (C=N–C) groups is 1. The van der Waals surface area contributed by atoms with Crippen LogP contribution in [0.15, 0.2) is 4.99 Å². The van der Waals surface area contributed by atoms with Gasteiger partial charge in [-0.2, -0.15) is 0 Å². The zero-order valence-electron chi connectivity index (χ0n) is 14.2. The van der Waals surface area contributed by atoms with Crippen LogP contribution in [-0.2, 0) is 14.6 Å². The second-order valence-electron chi connectivity index (χ2n) is 6.08. The maximum Gasteiger partial charge on any atom is 0.191 e. The summed E-state index contributed by atoms with van der Waals surface area (Å²) in [5.41, 5.74) is -0.288. The van der Waals surface area contributed by atoms with E-state index in [9.17, 15) is 8.42 Å². The van der Waals surface area contributed by atoms with Crippen LogP contribution in [0.5, 0.6) is 0 Å². The summed E-state index contributed by atoms with van der Waals surface area (Å²) in [4.78, 5) is 6.68. The van der Waals surface area contributed by atoms with Gasteiger partial charge in [-0.15, -0.1) is 0 Å². The molecule has 1 fully saturated rings. The van der Waals surface area contributed by atoms with Gasteiger partial charge in [0.1, 0.15) is 0 Å². The van der Waals surface area contributed by atoms with Crippen LogP contribution in [0.2, 0.25) is 0 Å². The second-order valence-corrected chi connectivity index (χ2v) is 8.38. The van der Waals surface area contributed by atoms with Gasteiger partial charge in [0.05, 0.1) is 23.7 Å². The first-order valence-electron chi connectivity index (χ1n) is 7.78. The Labute approximate surface area is 134 Å². The smallest absolute Gasteiger partial charge is 0.191 e. The maximum atomic E-state index is 11.4. The quantitative estimate of drug-likeness (QED) is 0.491. The van der Waals surface area contributed by atoms with Crippen molar-refractivity contribution in [3.8, 4) is 0 Å². The third-order valence-electron chi connectivity index (χ3n) is 3.67. The molecule has 7 nitrogen and oxygen atoms in total. The topological polar surface area (TPSA) is 83.0 Å². The third kappa shape index (κ3) is 7.42. The number of rotatable bonds is 7. The molecule has 0 aromatic carbocycles. The first-order valence-corrected chi connectivity index (χ1v) is 9.60. The molecule has 1 aliphatic rings. The molecule has 0 amide bonds. The molecule has 1 heterocycles. The van der Waals surface area contributed by atoms with Crippen LogP contribution < -0.4 is 10.6 Å². The summed E-state index contributed by atoms with van der Waals surface area (Å²) < 4.78 is 28.1. The van der Waals surface area contributed by atoms with Gasteiger partial charge in [-0.1, -0.05) is 0 Å². The lowest BCUT2D eigenvalue weighted by Gasteiger charge is -2.27. The summed E-state index contributed by atoms with van der Waals surface area (Å²) in [5.74, 6) is 1.30.